The first kappa shape index (κ1) is 21.0. The number of methoxy groups -OCH3 is 1. The zero-order chi connectivity index (χ0) is 20.6. The zero-order valence-electron chi connectivity index (χ0n) is 16.3. The molecule has 1 aromatic heterocycles. The number of ether oxygens (including phenoxy) is 1. The summed E-state index contributed by atoms with van der Waals surface area (Å²) in [7, 11) is 3.22. The third-order valence-electron chi connectivity index (χ3n) is 4.17. The van der Waals surface area contributed by atoms with Crippen molar-refractivity contribution in [1.82, 2.24) is 4.90 Å². The van der Waals surface area contributed by atoms with Crippen molar-refractivity contribution in [2.24, 2.45) is 0 Å². The quantitative estimate of drug-likeness (QED) is 0.528. The van der Waals surface area contributed by atoms with Gasteiger partial charge in [0.1, 0.15) is 5.75 Å². The number of nitrogens with zero attached hydrogens (tertiary/aromatic N) is 1. The average molecular weight is 427 g/mol. The van der Waals surface area contributed by atoms with Gasteiger partial charge >= 0.3 is 0 Å². The molecule has 150 valence electrons. The second-order valence-electron chi connectivity index (χ2n) is 6.30. The third kappa shape index (κ3) is 5.85. The molecule has 0 aliphatic carbocycles. The van der Waals surface area contributed by atoms with E-state index < -0.39 is 0 Å². The summed E-state index contributed by atoms with van der Waals surface area (Å²) >= 11 is 3.32. The highest BCUT2D eigenvalue weighted by Gasteiger charge is 2.18. The molecule has 0 unspecified atom stereocenters. The highest BCUT2D eigenvalue weighted by molar-refractivity contribution is 7.98. The molecule has 0 spiro atoms. The molecule has 5 nitrogen and oxygen atoms in total. The van der Waals surface area contributed by atoms with Gasteiger partial charge in [-0.25, -0.2) is 0 Å². The summed E-state index contributed by atoms with van der Waals surface area (Å²) in [5, 5.41) is 4.84. The highest BCUT2D eigenvalue weighted by Crippen LogP contribution is 2.28. The SMILES string of the molecule is COc1ccc(NC(=O)CN(C)C(=O)c2ccccc2SCc2cccs2)cc1. The Morgan fingerprint density at radius 2 is 1.83 bits per heavy atom. The largest absolute Gasteiger partial charge is 0.497 e. The van der Waals surface area contributed by atoms with Crippen LogP contribution in [0.15, 0.2) is 70.9 Å². The van der Waals surface area contributed by atoms with Crippen LogP contribution in [0, 0.1) is 0 Å². The van der Waals surface area contributed by atoms with Crippen LogP contribution in [0.3, 0.4) is 0 Å². The van der Waals surface area contributed by atoms with Crippen molar-refractivity contribution in [2.75, 3.05) is 26.0 Å². The van der Waals surface area contributed by atoms with E-state index in [2.05, 4.69) is 11.4 Å². The first-order chi connectivity index (χ1) is 14.1. The number of carbonyl (C=O) groups is 2. The molecule has 0 aliphatic rings. The number of thiophene rings is 1. The van der Waals surface area contributed by atoms with Gasteiger partial charge in [0.25, 0.3) is 5.91 Å². The van der Waals surface area contributed by atoms with Gasteiger partial charge in [-0.1, -0.05) is 18.2 Å². The van der Waals surface area contributed by atoms with Gasteiger partial charge < -0.3 is 15.0 Å². The number of amides is 2. The van der Waals surface area contributed by atoms with Gasteiger partial charge in [0.15, 0.2) is 0 Å². The van der Waals surface area contributed by atoms with Gasteiger partial charge in [0.05, 0.1) is 19.2 Å². The first-order valence-corrected chi connectivity index (χ1v) is 10.9. The van der Waals surface area contributed by atoms with Crippen LogP contribution in [0.25, 0.3) is 0 Å². The van der Waals surface area contributed by atoms with Gasteiger partial charge in [-0.2, -0.15) is 0 Å². The molecule has 0 radical (unpaired) electrons. The molecule has 0 saturated carbocycles. The molecule has 1 heterocycles. The highest BCUT2D eigenvalue weighted by atomic mass is 32.2. The van der Waals surface area contributed by atoms with E-state index in [1.807, 2.05) is 29.6 Å². The Morgan fingerprint density at radius 1 is 1.07 bits per heavy atom. The van der Waals surface area contributed by atoms with Crippen molar-refractivity contribution in [3.8, 4) is 5.75 Å². The fourth-order valence-corrected chi connectivity index (χ4v) is 4.50. The predicted molar refractivity (Wildman–Crippen MR) is 119 cm³/mol. The topological polar surface area (TPSA) is 58.6 Å². The van der Waals surface area contributed by atoms with Gasteiger partial charge in [-0.3, -0.25) is 9.59 Å². The summed E-state index contributed by atoms with van der Waals surface area (Å²) in [4.78, 5) is 28.9. The fraction of sp³-hybridized carbons (Fsp3) is 0.182. The number of carbonyl (C=O) groups excluding carboxylic acids is 2. The van der Waals surface area contributed by atoms with E-state index in [4.69, 9.17) is 4.74 Å². The molecule has 3 rings (SSSR count). The van der Waals surface area contributed by atoms with Crippen molar-refractivity contribution in [3.63, 3.8) is 0 Å². The Bertz CT molecular complexity index is 956. The van der Waals surface area contributed by atoms with Crippen LogP contribution in [0.4, 0.5) is 5.69 Å². The maximum absolute atomic E-state index is 12.9. The summed E-state index contributed by atoms with van der Waals surface area (Å²) < 4.78 is 5.11. The molecule has 0 atom stereocenters. The number of anilines is 1. The number of benzene rings is 2. The smallest absolute Gasteiger partial charge is 0.255 e. The molecule has 1 N–H and O–H groups in total. The van der Waals surface area contributed by atoms with Crippen molar-refractivity contribution in [3.05, 3.63) is 76.5 Å². The minimum atomic E-state index is -0.255. The summed E-state index contributed by atoms with van der Waals surface area (Å²) in [5.74, 6) is 1.09. The van der Waals surface area contributed by atoms with Crippen LogP contribution in [0.5, 0.6) is 5.75 Å². The van der Waals surface area contributed by atoms with Crippen molar-refractivity contribution in [2.45, 2.75) is 10.6 Å². The second-order valence-corrected chi connectivity index (χ2v) is 8.35. The minimum absolute atomic E-state index is 0.0329. The van der Waals surface area contributed by atoms with E-state index in [9.17, 15) is 9.59 Å². The summed E-state index contributed by atoms with van der Waals surface area (Å²) in [6.07, 6.45) is 0. The number of nitrogens with one attached hydrogen (secondary N) is 1. The van der Waals surface area contributed by atoms with Gasteiger partial charge in [-0.15, -0.1) is 23.1 Å². The van der Waals surface area contributed by atoms with Crippen molar-refractivity contribution in [1.29, 1.82) is 0 Å². The van der Waals surface area contributed by atoms with Crippen LogP contribution in [-0.2, 0) is 10.5 Å². The van der Waals surface area contributed by atoms with Crippen LogP contribution in [0.1, 0.15) is 15.2 Å². The molecule has 0 fully saturated rings. The lowest BCUT2D eigenvalue weighted by atomic mass is 10.2. The Hall–Kier alpha value is -2.77. The minimum Gasteiger partial charge on any atom is -0.497 e. The van der Waals surface area contributed by atoms with Crippen LogP contribution in [0.2, 0.25) is 0 Å². The summed E-state index contributed by atoms with van der Waals surface area (Å²) in [6, 6.07) is 18.7. The van der Waals surface area contributed by atoms with Crippen molar-refractivity contribution >= 4 is 40.6 Å². The molecule has 2 amide bonds. The zero-order valence-corrected chi connectivity index (χ0v) is 17.9. The number of thioether (sulfide) groups is 1. The number of hydrogen-bond donors (Lipinski definition) is 1. The number of rotatable bonds is 8. The lowest BCUT2D eigenvalue weighted by Crippen LogP contribution is -2.35. The maximum Gasteiger partial charge on any atom is 0.255 e. The van der Waals surface area contributed by atoms with E-state index in [1.165, 1.54) is 9.78 Å². The predicted octanol–water partition coefficient (Wildman–Crippen LogP) is 4.76. The molecule has 3 aromatic rings. The Kier molecular flexibility index (Phi) is 7.32. The Balaban J connectivity index is 1.61. The van der Waals surface area contributed by atoms with Gasteiger partial charge in [-0.05, 0) is 47.8 Å². The molecule has 2 aromatic carbocycles. The molecular formula is C22H22N2O3S2. The van der Waals surface area contributed by atoms with Crippen LogP contribution < -0.4 is 10.1 Å². The lowest BCUT2D eigenvalue weighted by Gasteiger charge is -2.18. The van der Waals surface area contributed by atoms with Crippen LogP contribution in [-0.4, -0.2) is 37.4 Å². The third-order valence-corrected chi connectivity index (χ3v) is 6.35. The molecule has 29 heavy (non-hydrogen) atoms. The van der Waals surface area contributed by atoms with E-state index in [0.29, 0.717) is 17.0 Å². The number of likely N-dealkylation sites (N-methyl/N-ethyl adjacent to an activating group) is 1. The van der Waals surface area contributed by atoms with Crippen LogP contribution >= 0.6 is 23.1 Å². The van der Waals surface area contributed by atoms with E-state index >= 15 is 0 Å². The second kappa shape index (κ2) is 10.1. The first-order valence-electron chi connectivity index (χ1n) is 9.00. The van der Waals surface area contributed by atoms with E-state index in [0.717, 1.165) is 10.6 Å². The molecule has 0 bridgehead atoms. The van der Waals surface area contributed by atoms with Gasteiger partial charge in [0.2, 0.25) is 5.91 Å². The fourth-order valence-electron chi connectivity index (χ4n) is 2.68. The lowest BCUT2D eigenvalue weighted by molar-refractivity contribution is -0.116. The molecule has 0 aliphatic heterocycles. The van der Waals surface area contributed by atoms with Gasteiger partial charge in [0, 0.05) is 28.3 Å². The van der Waals surface area contributed by atoms with E-state index in [-0.39, 0.29) is 18.4 Å². The Labute approximate surface area is 178 Å². The molecule has 7 heteroatoms. The van der Waals surface area contributed by atoms with E-state index in [1.54, 1.807) is 67.6 Å². The average Bonchev–Trinajstić information content (AvgIpc) is 3.26. The normalized spacial score (nSPS) is 10.4. The standard InChI is InChI=1S/C22H22N2O3S2/c1-24(14-21(25)23-16-9-11-17(27-2)12-10-16)22(26)19-7-3-4-8-20(19)29-15-18-6-5-13-28-18/h3-13H,14-15H2,1-2H3,(H,23,25). The summed E-state index contributed by atoms with van der Waals surface area (Å²) in [6.45, 7) is -0.0329. The molecule has 0 saturated heterocycles. The monoisotopic (exact) mass is 426 g/mol. The maximum atomic E-state index is 12.9. The summed E-state index contributed by atoms with van der Waals surface area (Å²) in [5.41, 5.74) is 1.26. The van der Waals surface area contributed by atoms with Crippen molar-refractivity contribution < 1.29 is 14.3 Å². The Morgan fingerprint density at radius 3 is 2.52 bits per heavy atom. The molecular weight excluding hydrogens is 404 g/mol. The number of hydrogen-bond acceptors (Lipinski definition) is 5.